The summed E-state index contributed by atoms with van der Waals surface area (Å²) < 4.78 is 0. The number of anilines is 1. The van der Waals surface area contributed by atoms with Gasteiger partial charge in [-0.15, -0.1) is 11.3 Å². The average Bonchev–Trinajstić information content (AvgIpc) is 2.97. The third kappa shape index (κ3) is 2.81. The van der Waals surface area contributed by atoms with Crippen molar-refractivity contribution in [1.29, 1.82) is 0 Å². The van der Waals surface area contributed by atoms with E-state index in [2.05, 4.69) is 16.4 Å². The maximum atomic E-state index is 5.84. The SMILES string of the molecule is NC(=S)c1cc2c(nc1NCc1cncs1)CCCC2. The Morgan fingerprint density at radius 3 is 3.00 bits per heavy atom. The molecule has 4 nitrogen and oxygen atoms in total. The Kier molecular flexibility index (Phi) is 3.93. The van der Waals surface area contributed by atoms with Crippen molar-refractivity contribution in [1.82, 2.24) is 9.97 Å². The van der Waals surface area contributed by atoms with Crippen molar-refractivity contribution in [2.24, 2.45) is 5.73 Å². The van der Waals surface area contributed by atoms with Crippen LogP contribution in [0.2, 0.25) is 0 Å². The van der Waals surface area contributed by atoms with Crippen molar-refractivity contribution in [3.8, 4) is 0 Å². The summed E-state index contributed by atoms with van der Waals surface area (Å²) in [5, 5.41) is 3.34. The van der Waals surface area contributed by atoms with Gasteiger partial charge in [-0.05, 0) is 37.3 Å². The Hall–Kier alpha value is -1.53. The van der Waals surface area contributed by atoms with Gasteiger partial charge in [0.1, 0.15) is 10.8 Å². The maximum absolute atomic E-state index is 5.84. The van der Waals surface area contributed by atoms with Gasteiger partial charge in [-0.2, -0.15) is 0 Å². The minimum absolute atomic E-state index is 0.401. The summed E-state index contributed by atoms with van der Waals surface area (Å²) in [6.45, 7) is 0.700. The fraction of sp³-hybridized carbons (Fsp3) is 0.357. The van der Waals surface area contributed by atoms with E-state index in [1.54, 1.807) is 11.3 Å². The molecule has 0 aliphatic heterocycles. The Labute approximate surface area is 127 Å². The van der Waals surface area contributed by atoms with Gasteiger partial charge in [-0.1, -0.05) is 12.2 Å². The molecule has 2 aromatic rings. The lowest BCUT2D eigenvalue weighted by Crippen LogP contribution is -2.17. The van der Waals surface area contributed by atoms with E-state index in [0.29, 0.717) is 11.5 Å². The number of nitrogens with zero attached hydrogens (tertiary/aromatic N) is 2. The van der Waals surface area contributed by atoms with Crippen LogP contribution in [0.4, 0.5) is 5.82 Å². The highest BCUT2D eigenvalue weighted by Gasteiger charge is 2.16. The molecule has 0 atom stereocenters. The second kappa shape index (κ2) is 5.85. The van der Waals surface area contributed by atoms with Crippen LogP contribution in [0.15, 0.2) is 17.8 Å². The van der Waals surface area contributed by atoms with Gasteiger partial charge in [-0.3, -0.25) is 4.98 Å². The number of fused-ring (bicyclic) bond motifs is 1. The molecule has 0 spiro atoms. The normalized spacial score (nSPS) is 13.8. The molecule has 2 heterocycles. The minimum atomic E-state index is 0.401. The summed E-state index contributed by atoms with van der Waals surface area (Å²) in [5.41, 5.74) is 11.0. The van der Waals surface area contributed by atoms with Crippen molar-refractivity contribution < 1.29 is 0 Å². The summed E-state index contributed by atoms with van der Waals surface area (Å²) in [7, 11) is 0. The number of aromatic nitrogens is 2. The molecule has 0 unspecified atom stereocenters. The highest BCUT2D eigenvalue weighted by Crippen LogP contribution is 2.25. The van der Waals surface area contributed by atoms with Crippen LogP contribution in [0.1, 0.15) is 34.5 Å². The fourth-order valence-corrected chi connectivity index (χ4v) is 3.15. The first kappa shape index (κ1) is 13.5. The Balaban J connectivity index is 1.89. The first-order valence-corrected chi connectivity index (χ1v) is 7.96. The number of nitrogens with one attached hydrogen (secondary N) is 1. The molecular weight excluding hydrogens is 288 g/mol. The standard InChI is InChI=1S/C14H16N4S2/c15-13(19)11-5-9-3-1-2-4-12(9)18-14(11)17-7-10-6-16-8-20-10/h5-6,8H,1-4,7H2,(H2,15,19)(H,17,18). The minimum Gasteiger partial charge on any atom is -0.389 e. The number of pyridine rings is 1. The molecule has 3 N–H and O–H groups in total. The van der Waals surface area contributed by atoms with Gasteiger partial charge in [0.2, 0.25) is 0 Å². The third-order valence-corrected chi connectivity index (χ3v) is 4.48. The summed E-state index contributed by atoms with van der Waals surface area (Å²) in [6.07, 6.45) is 6.41. The Morgan fingerprint density at radius 2 is 2.25 bits per heavy atom. The quantitative estimate of drug-likeness (QED) is 0.850. The monoisotopic (exact) mass is 304 g/mol. The van der Waals surface area contributed by atoms with Crippen molar-refractivity contribution in [3.05, 3.63) is 39.5 Å². The number of nitrogens with two attached hydrogens (primary N) is 1. The van der Waals surface area contributed by atoms with Crippen LogP contribution < -0.4 is 11.1 Å². The first-order chi connectivity index (χ1) is 9.74. The lowest BCUT2D eigenvalue weighted by Gasteiger charge is -2.19. The van der Waals surface area contributed by atoms with E-state index in [4.69, 9.17) is 22.9 Å². The third-order valence-electron chi connectivity index (χ3n) is 3.48. The van der Waals surface area contributed by atoms with E-state index >= 15 is 0 Å². The molecular formula is C14H16N4S2. The maximum Gasteiger partial charge on any atom is 0.136 e. The molecule has 6 heteroatoms. The van der Waals surface area contributed by atoms with Gasteiger partial charge in [0.15, 0.2) is 0 Å². The van der Waals surface area contributed by atoms with Gasteiger partial charge in [0.25, 0.3) is 0 Å². The van der Waals surface area contributed by atoms with Crippen LogP contribution in [0.3, 0.4) is 0 Å². The number of hydrogen-bond donors (Lipinski definition) is 2. The smallest absolute Gasteiger partial charge is 0.136 e. The van der Waals surface area contributed by atoms with Gasteiger partial charge >= 0.3 is 0 Å². The molecule has 0 bridgehead atoms. The predicted octanol–water partition coefficient (Wildman–Crippen LogP) is 2.66. The molecule has 20 heavy (non-hydrogen) atoms. The summed E-state index contributed by atoms with van der Waals surface area (Å²) in [6, 6.07) is 2.11. The number of aryl methyl sites for hydroxylation is 2. The molecule has 3 rings (SSSR count). The fourth-order valence-electron chi connectivity index (χ4n) is 2.46. The number of thiocarbonyl (C=S) groups is 1. The summed E-state index contributed by atoms with van der Waals surface area (Å²) in [4.78, 5) is 10.4. The molecule has 0 radical (unpaired) electrons. The summed E-state index contributed by atoms with van der Waals surface area (Å²) in [5.74, 6) is 0.798. The second-order valence-electron chi connectivity index (χ2n) is 4.88. The van der Waals surface area contributed by atoms with Gasteiger partial charge < -0.3 is 11.1 Å². The van der Waals surface area contributed by atoms with Crippen LogP contribution in [0, 0.1) is 0 Å². The largest absolute Gasteiger partial charge is 0.389 e. The molecule has 0 saturated carbocycles. The van der Waals surface area contributed by atoms with Crippen molar-refractivity contribution in [2.45, 2.75) is 32.2 Å². The average molecular weight is 304 g/mol. The topological polar surface area (TPSA) is 63.8 Å². The van der Waals surface area contributed by atoms with E-state index in [1.165, 1.54) is 29.0 Å². The Morgan fingerprint density at radius 1 is 1.40 bits per heavy atom. The molecule has 1 aliphatic rings. The molecule has 104 valence electrons. The van der Waals surface area contributed by atoms with Gasteiger partial charge in [-0.25, -0.2) is 4.98 Å². The summed E-state index contributed by atoms with van der Waals surface area (Å²) >= 11 is 6.78. The van der Waals surface area contributed by atoms with E-state index in [-0.39, 0.29) is 0 Å². The van der Waals surface area contributed by atoms with Gasteiger partial charge in [0.05, 0.1) is 17.6 Å². The first-order valence-electron chi connectivity index (χ1n) is 6.68. The lowest BCUT2D eigenvalue weighted by atomic mass is 9.94. The predicted molar refractivity (Wildman–Crippen MR) is 86.2 cm³/mol. The highest BCUT2D eigenvalue weighted by molar-refractivity contribution is 7.80. The number of hydrogen-bond acceptors (Lipinski definition) is 5. The number of thiazole rings is 1. The zero-order valence-corrected chi connectivity index (χ0v) is 12.7. The van der Waals surface area contributed by atoms with Crippen LogP contribution in [-0.4, -0.2) is 15.0 Å². The van der Waals surface area contributed by atoms with E-state index in [9.17, 15) is 0 Å². The Bertz CT molecular complexity index is 622. The van der Waals surface area contributed by atoms with Crippen LogP contribution in [0.25, 0.3) is 0 Å². The van der Waals surface area contributed by atoms with Crippen LogP contribution >= 0.6 is 23.6 Å². The molecule has 0 saturated heterocycles. The zero-order chi connectivity index (χ0) is 13.9. The lowest BCUT2D eigenvalue weighted by molar-refractivity contribution is 0.668. The van der Waals surface area contributed by atoms with Crippen molar-refractivity contribution in [2.75, 3.05) is 5.32 Å². The molecule has 0 aromatic carbocycles. The van der Waals surface area contributed by atoms with Crippen LogP contribution in [0.5, 0.6) is 0 Å². The van der Waals surface area contributed by atoms with Gasteiger partial charge in [0, 0.05) is 16.8 Å². The van der Waals surface area contributed by atoms with Crippen molar-refractivity contribution in [3.63, 3.8) is 0 Å². The molecule has 1 aliphatic carbocycles. The second-order valence-corrected chi connectivity index (χ2v) is 6.29. The van der Waals surface area contributed by atoms with E-state index in [0.717, 1.165) is 24.2 Å². The number of rotatable bonds is 4. The highest BCUT2D eigenvalue weighted by atomic mass is 32.1. The van der Waals surface area contributed by atoms with Crippen LogP contribution in [-0.2, 0) is 19.4 Å². The zero-order valence-electron chi connectivity index (χ0n) is 11.1. The van der Waals surface area contributed by atoms with E-state index in [1.807, 2.05) is 11.7 Å². The van der Waals surface area contributed by atoms with Crippen molar-refractivity contribution >= 4 is 34.4 Å². The van der Waals surface area contributed by atoms with E-state index < -0.39 is 0 Å². The molecule has 0 amide bonds. The molecule has 0 fully saturated rings. The molecule has 2 aromatic heterocycles.